The molecule has 0 aromatic rings. The van der Waals surface area contributed by atoms with E-state index in [0.29, 0.717) is 0 Å². The Morgan fingerprint density at radius 2 is 1.94 bits per heavy atom. The average Bonchev–Trinajstić information content (AvgIpc) is 2.14. The molecule has 0 aliphatic carbocycles. The van der Waals surface area contributed by atoms with Crippen molar-refractivity contribution < 1.29 is 27.0 Å². The van der Waals surface area contributed by atoms with Gasteiger partial charge in [-0.2, -0.15) is 8.42 Å². The second kappa shape index (κ2) is 5.61. The fourth-order valence-electron chi connectivity index (χ4n) is 1.04. The lowest BCUT2D eigenvalue weighted by Crippen LogP contribution is -2.52. The van der Waals surface area contributed by atoms with Crippen molar-refractivity contribution in [1.82, 2.24) is 0 Å². The van der Waals surface area contributed by atoms with Crippen LogP contribution in [0.1, 0.15) is 13.8 Å². The summed E-state index contributed by atoms with van der Waals surface area (Å²) in [7, 11) is -0.849. The maximum atomic E-state index is 11.1. The van der Waals surface area contributed by atoms with Crippen LogP contribution in [-0.4, -0.2) is 56.0 Å². The van der Waals surface area contributed by atoms with Crippen molar-refractivity contribution in [2.75, 3.05) is 27.2 Å². The van der Waals surface area contributed by atoms with Crippen molar-refractivity contribution in [2.24, 2.45) is 0 Å². The summed E-state index contributed by atoms with van der Waals surface area (Å²) in [6.45, 7) is 6.70. The first kappa shape index (κ1) is 16.1. The number of likely N-dealkylation sites (N-methyl/N-ethyl adjacent to an activating group) is 1. The number of carbonyl (C=O) groups is 1. The van der Waals surface area contributed by atoms with E-state index >= 15 is 0 Å². The zero-order chi connectivity index (χ0) is 13.9. The highest BCUT2D eigenvalue weighted by molar-refractivity contribution is 7.86. The van der Waals surface area contributed by atoms with Gasteiger partial charge in [-0.1, -0.05) is 6.58 Å². The van der Waals surface area contributed by atoms with Crippen LogP contribution in [0.5, 0.6) is 0 Å². The predicted molar refractivity (Wildman–Crippen MR) is 63.8 cm³/mol. The first-order valence-corrected chi connectivity index (χ1v) is 6.60. The van der Waals surface area contributed by atoms with E-state index in [4.69, 9.17) is 9.29 Å². The van der Waals surface area contributed by atoms with Gasteiger partial charge in [0.05, 0.1) is 14.1 Å². The maximum Gasteiger partial charge on any atom is 0.333 e. The summed E-state index contributed by atoms with van der Waals surface area (Å²) in [5, 5.41) is -0.981. The van der Waals surface area contributed by atoms with Crippen LogP contribution >= 0.6 is 0 Å². The molecule has 1 unspecified atom stereocenters. The highest BCUT2D eigenvalue weighted by Crippen LogP contribution is 2.11. The summed E-state index contributed by atoms with van der Waals surface area (Å²) in [5.74, 6) is -0.510. The Bertz CT molecular complexity index is 399. The molecule has 6 nitrogen and oxygen atoms in total. The molecule has 0 amide bonds. The van der Waals surface area contributed by atoms with E-state index in [1.807, 2.05) is 0 Å². The summed E-state index contributed by atoms with van der Waals surface area (Å²) in [6, 6.07) is 0. The highest BCUT2D eigenvalue weighted by Gasteiger charge is 2.34. The standard InChI is InChI=1S/C10H19NO5S/c1-8(2)10(12)16-7-6-11(4,5)9(3)17(13,14)15/h9H,1,6-7H2,2-5H3/p+1. The van der Waals surface area contributed by atoms with E-state index in [0.717, 1.165) is 0 Å². The number of hydrogen-bond donors (Lipinski definition) is 1. The summed E-state index contributed by atoms with van der Waals surface area (Å²) < 4.78 is 35.8. The lowest BCUT2D eigenvalue weighted by atomic mass is 10.4. The fraction of sp³-hybridized carbons (Fsp3) is 0.700. The fourth-order valence-corrected chi connectivity index (χ4v) is 1.87. The number of carbonyl (C=O) groups excluding carboxylic acids is 1. The lowest BCUT2D eigenvalue weighted by molar-refractivity contribution is -0.899. The Morgan fingerprint density at radius 3 is 2.29 bits per heavy atom. The van der Waals surface area contributed by atoms with Gasteiger partial charge in [-0.25, -0.2) is 4.79 Å². The van der Waals surface area contributed by atoms with Crippen LogP contribution in [0, 0.1) is 0 Å². The molecule has 1 N–H and O–H groups in total. The van der Waals surface area contributed by atoms with Crippen molar-refractivity contribution in [3.8, 4) is 0 Å². The minimum absolute atomic E-state index is 0.00229. The first-order chi connectivity index (χ1) is 7.48. The van der Waals surface area contributed by atoms with Crippen molar-refractivity contribution in [3.63, 3.8) is 0 Å². The van der Waals surface area contributed by atoms with Crippen molar-refractivity contribution >= 4 is 16.1 Å². The molecular weight excluding hydrogens is 246 g/mol. The summed E-state index contributed by atoms with van der Waals surface area (Å²) in [6.07, 6.45) is 0. The van der Waals surface area contributed by atoms with Crippen LogP contribution in [0.15, 0.2) is 12.2 Å². The molecule has 0 aliphatic rings. The van der Waals surface area contributed by atoms with Gasteiger partial charge in [0.25, 0.3) is 0 Å². The lowest BCUT2D eigenvalue weighted by Gasteiger charge is -2.33. The smallest absolute Gasteiger partial charge is 0.333 e. The zero-order valence-electron chi connectivity index (χ0n) is 10.6. The van der Waals surface area contributed by atoms with E-state index in [9.17, 15) is 13.2 Å². The topological polar surface area (TPSA) is 80.7 Å². The minimum atomic E-state index is -4.11. The third kappa shape index (κ3) is 5.29. The van der Waals surface area contributed by atoms with Gasteiger partial charge in [0.15, 0.2) is 0 Å². The Balaban J connectivity index is 4.38. The molecule has 0 aromatic carbocycles. The van der Waals surface area contributed by atoms with Gasteiger partial charge in [-0.05, 0) is 6.92 Å². The van der Waals surface area contributed by atoms with Crippen LogP contribution in [0.3, 0.4) is 0 Å². The number of hydrogen-bond acceptors (Lipinski definition) is 4. The Kier molecular flexibility index (Phi) is 5.31. The van der Waals surface area contributed by atoms with Crippen molar-refractivity contribution in [3.05, 3.63) is 12.2 Å². The first-order valence-electron chi connectivity index (χ1n) is 5.10. The second-order valence-corrected chi connectivity index (χ2v) is 6.24. The van der Waals surface area contributed by atoms with Crippen molar-refractivity contribution in [1.29, 1.82) is 0 Å². The molecule has 17 heavy (non-hydrogen) atoms. The van der Waals surface area contributed by atoms with Gasteiger partial charge in [-0.15, -0.1) is 0 Å². The van der Waals surface area contributed by atoms with Gasteiger partial charge in [0.2, 0.25) is 5.37 Å². The van der Waals surface area contributed by atoms with Crippen LogP contribution in [0.25, 0.3) is 0 Å². The monoisotopic (exact) mass is 266 g/mol. The van der Waals surface area contributed by atoms with E-state index in [1.165, 1.54) is 13.8 Å². The van der Waals surface area contributed by atoms with E-state index in [1.54, 1.807) is 14.1 Å². The third-order valence-corrected chi connectivity index (χ3v) is 4.10. The van der Waals surface area contributed by atoms with Crippen LogP contribution in [0.2, 0.25) is 0 Å². The quantitative estimate of drug-likeness (QED) is 0.326. The average molecular weight is 266 g/mol. The van der Waals surface area contributed by atoms with Gasteiger partial charge in [-0.3, -0.25) is 4.55 Å². The molecule has 0 saturated heterocycles. The maximum absolute atomic E-state index is 11.1. The van der Waals surface area contributed by atoms with Crippen LogP contribution < -0.4 is 0 Å². The molecule has 0 spiro atoms. The zero-order valence-corrected chi connectivity index (χ0v) is 11.5. The SMILES string of the molecule is C=C(C)C(=O)OCC[N+](C)(C)C(C)S(=O)(=O)O. The summed E-state index contributed by atoms with van der Waals surface area (Å²) in [5.41, 5.74) is 0.290. The normalized spacial score (nSPS) is 14.2. The van der Waals surface area contributed by atoms with E-state index in [2.05, 4.69) is 6.58 Å². The Morgan fingerprint density at radius 1 is 1.47 bits per heavy atom. The van der Waals surface area contributed by atoms with Gasteiger partial charge in [0, 0.05) is 12.5 Å². The third-order valence-electron chi connectivity index (χ3n) is 2.66. The molecule has 0 aliphatic heterocycles. The van der Waals surface area contributed by atoms with Gasteiger partial charge in [0.1, 0.15) is 13.2 Å². The van der Waals surface area contributed by atoms with E-state index < -0.39 is 21.5 Å². The summed E-state index contributed by atoms with van der Waals surface area (Å²) >= 11 is 0. The summed E-state index contributed by atoms with van der Waals surface area (Å²) in [4.78, 5) is 11.1. The second-order valence-electron chi connectivity index (χ2n) is 4.53. The van der Waals surface area contributed by atoms with Gasteiger partial charge >= 0.3 is 16.1 Å². The Labute approximate surface area is 102 Å². The number of nitrogens with zero attached hydrogens (tertiary/aromatic N) is 1. The molecule has 1 atom stereocenters. The molecule has 0 radical (unpaired) electrons. The molecular formula is C10H20NO5S+. The Hall–Kier alpha value is -0.920. The molecule has 0 rings (SSSR count). The van der Waals surface area contributed by atoms with Crippen molar-refractivity contribution in [2.45, 2.75) is 19.2 Å². The molecule has 0 aromatic heterocycles. The van der Waals surface area contributed by atoms with Gasteiger partial charge < -0.3 is 9.22 Å². The molecule has 0 fully saturated rings. The van der Waals surface area contributed by atoms with E-state index in [-0.39, 0.29) is 23.2 Å². The number of esters is 1. The highest BCUT2D eigenvalue weighted by atomic mass is 32.2. The van der Waals surface area contributed by atoms with Crippen LogP contribution in [-0.2, 0) is 19.6 Å². The number of ether oxygens (including phenoxy) is 1. The molecule has 0 heterocycles. The molecule has 0 bridgehead atoms. The minimum Gasteiger partial charge on any atom is -0.456 e. The number of rotatable bonds is 6. The predicted octanol–water partition coefficient (Wildman–Crippen LogP) is 0.416. The number of quaternary nitrogens is 1. The molecule has 7 heteroatoms. The van der Waals surface area contributed by atoms with Crippen LogP contribution in [0.4, 0.5) is 0 Å². The molecule has 0 saturated carbocycles. The molecule has 100 valence electrons. The largest absolute Gasteiger partial charge is 0.456 e.